The number of aliphatic imine (C=N–C) groups is 1. The van der Waals surface area contributed by atoms with Gasteiger partial charge in [-0.15, -0.1) is 0 Å². The van der Waals surface area contributed by atoms with Gasteiger partial charge in [-0.3, -0.25) is 24.2 Å². The van der Waals surface area contributed by atoms with Crippen molar-refractivity contribution in [2.24, 2.45) is 4.99 Å². The van der Waals surface area contributed by atoms with Gasteiger partial charge in [0.15, 0.2) is 0 Å². The summed E-state index contributed by atoms with van der Waals surface area (Å²) in [6.45, 7) is 0.891. The minimum atomic E-state index is -1.04. The number of carbonyl (C=O) groups is 4. The molecule has 2 N–H and O–H groups in total. The standard InChI is InChI=1S/C31H35FN6O5/c1-36-18-29(40)38-14-13-33-17-22(38)19-43-27-9-7-21(32)15-24(27)31(42)37(2)26(8-10-28(36)39)30(41)34-12-11-20-16-35-25-6-4-3-5-23(20)25/h3-7,9,15-17,22,26,35H,8,10-14,18-19H2,1-2H3,(H,34,41)/t22-,26-/m1/s1. The zero-order valence-electron chi connectivity index (χ0n) is 24.2. The molecule has 0 unspecified atom stereocenters. The maximum absolute atomic E-state index is 14.4. The predicted octanol–water partition coefficient (Wildman–Crippen LogP) is 2.02. The van der Waals surface area contributed by atoms with E-state index >= 15 is 0 Å². The molecular weight excluding hydrogens is 555 g/mol. The average Bonchev–Trinajstić information content (AvgIpc) is 3.42. The number of fused-ring (bicyclic) bond motifs is 3. The lowest BCUT2D eigenvalue weighted by Crippen LogP contribution is -2.51. The Morgan fingerprint density at radius 3 is 2.79 bits per heavy atom. The van der Waals surface area contributed by atoms with Crippen molar-refractivity contribution >= 4 is 40.7 Å². The largest absolute Gasteiger partial charge is 0.490 e. The number of likely N-dealkylation sites (N-methyl/N-ethyl adjacent to an activating group) is 2. The summed E-state index contributed by atoms with van der Waals surface area (Å²) in [6.07, 6.45) is 3.97. The van der Waals surface area contributed by atoms with E-state index in [1.165, 1.54) is 36.0 Å². The molecule has 0 saturated heterocycles. The number of para-hydroxylation sites is 1. The number of nitrogens with one attached hydrogen (secondary N) is 2. The molecule has 3 heterocycles. The van der Waals surface area contributed by atoms with E-state index in [-0.39, 0.29) is 49.1 Å². The minimum Gasteiger partial charge on any atom is -0.490 e. The second-order valence-electron chi connectivity index (χ2n) is 10.8. The topological polar surface area (TPSA) is 127 Å². The highest BCUT2D eigenvalue weighted by Crippen LogP contribution is 2.24. The van der Waals surface area contributed by atoms with Gasteiger partial charge in [0.05, 0.1) is 18.7 Å². The first kappa shape index (κ1) is 29.7. The van der Waals surface area contributed by atoms with Crippen LogP contribution in [-0.4, -0.2) is 108 Å². The molecule has 5 rings (SSSR count). The third kappa shape index (κ3) is 6.68. The molecule has 2 aliphatic heterocycles. The molecule has 0 saturated carbocycles. The van der Waals surface area contributed by atoms with Gasteiger partial charge in [-0.1, -0.05) is 18.2 Å². The molecule has 0 radical (unpaired) electrons. The molecule has 0 bridgehead atoms. The van der Waals surface area contributed by atoms with Gasteiger partial charge in [-0.05, 0) is 42.7 Å². The Morgan fingerprint density at radius 2 is 1.95 bits per heavy atom. The lowest BCUT2D eigenvalue weighted by Gasteiger charge is -2.33. The molecule has 1 aromatic heterocycles. The first-order chi connectivity index (χ1) is 20.7. The summed E-state index contributed by atoms with van der Waals surface area (Å²) < 4.78 is 20.3. The predicted molar refractivity (Wildman–Crippen MR) is 159 cm³/mol. The molecule has 226 valence electrons. The Bertz CT molecular complexity index is 1550. The summed E-state index contributed by atoms with van der Waals surface area (Å²) in [5.41, 5.74) is 1.96. The summed E-state index contributed by atoms with van der Waals surface area (Å²) >= 11 is 0. The Labute approximate surface area is 248 Å². The van der Waals surface area contributed by atoms with Gasteiger partial charge < -0.3 is 29.7 Å². The van der Waals surface area contributed by atoms with Crippen LogP contribution in [0.25, 0.3) is 10.9 Å². The van der Waals surface area contributed by atoms with Gasteiger partial charge in [0, 0.05) is 56.9 Å². The summed E-state index contributed by atoms with van der Waals surface area (Å²) in [5, 5.41) is 3.96. The zero-order chi connectivity index (χ0) is 30.5. The first-order valence-electron chi connectivity index (χ1n) is 14.3. The van der Waals surface area contributed by atoms with Crippen LogP contribution in [0.4, 0.5) is 4.39 Å². The van der Waals surface area contributed by atoms with Gasteiger partial charge in [-0.25, -0.2) is 4.39 Å². The van der Waals surface area contributed by atoms with Gasteiger partial charge >= 0.3 is 0 Å². The second-order valence-corrected chi connectivity index (χ2v) is 10.8. The Morgan fingerprint density at radius 1 is 1.14 bits per heavy atom. The van der Waals surface area contributed by atoms with Crippen LogP contribution in [0.15, 0.2) is 53.7 Å². The summed E-state index contributed by atoms with van der Waals surface area (Å²) in [5.74, 6) is -2.22. The number of aromatic amines is 1. The number of amides is 4. The van der Waals surface area contributed by atoms with Crippen molar-refractivity contribution in [1.29, 1.82) is 0 Å². The van der Waals surface area contributed by atoms with E-state index in [1.54, 1.807) is 11.1 Å². The molecule has 3 aromatic rings. The number of ether oxygens (including phenoxy) is 1. The van der Waals surface area contributed by atoms with Gasteiger partial charge in [0.1, 0.15) is 30.3 Å². The van der Waals surface area contributed by atoms with Crippen LogP contribution in [0.5, 0.6) is 5.75 Å². The molecule has 0 fully saturated rings. The zero-order valence-corrected chi connectivity index (χ0v) is 24.2. The van der Waals surface area contributed by atoms with Gasteiger partial charge in [0.25, 0.3) is 5.91 Å². The Kier molecular flexibility index (Phi) is 9.03. The molecule has 0 aliphatic carbocycles. The first-order valence-corrected chi connectivity index (χ1v) is 14.3. The second kappa shape index (κ2) is 13.1. The van der Waals surface area contributed by atoms with Crippen molar-refractivity contribution in [3.8, 4) is 5.75 Å². The lowest BCUT2D eigenvalue weighted by atomic mass is 10.1. The smallest absolute Gasteiger partial charge is 0.258 e. The van der Waals surface area contributed by atoms with Crippen LogP contribution < -0.4 is 10.1 Å². The van der Waals surface area contributed by atoms with Crippen LogP contribution in [0.2, 0.25) is 0 Å². The van der Waals surface area contributed by atoms with E-state index < -0.39 is 29.7 Å². The van der Waals surface area contributed by atoms with Gasteiger partial charge in [-0.2, -0.15) is 0 Å². The number of carbonyl (C=O) groups excluding carboxylic acids is 4. The fourth-order valence-electron chi connectivity index (χ4n) is 5.46. The number of hydrogen-bond acceptors (Lipinski definition) is 6. The van der Waals surface area contributed by atoms with Crippen LogP contribution in [0, 0.1) is 5.82 Å². The third-order valence-corrected chi connectivity index (χ3v) is 7.94. The molecular formula is C31H35FN6O5. The Hall–Kier alpha value is -4.74. The quantitative estimate of drug-likeness (QED) is 0.481. The van der Waals surface area contributed by atoms with Gasteiger partial charge in [0.2, 0.25) is 17.7 Å². The van der Waals surface area contributed by atoms with E-state index in [9.17, 15) is 23.6 Å². The minimum absolute atomic E-state index is 0.00300. The normalized spacial score (nSPS) is 20.3. The number of benzene rings is 2. The molecule has 2 aromatic carbocycles. The molecule has 11 nitrogen and oxygen atoms in total. The molecule has 2 atom stereocenters. The highest BCUT2D eigenvalue weighted by molar-refractivity contribution is 6.00. The SMILES string of the molecule is CN1CC(=O)N2CCN=C[C@@H]2COc2ccc(F)cc2C(=O)N(C)[C@@H](C(=O)NCCc2c[nH]c3ccccc23)CCC1=O. The average molecular weight is 591 g/mol. The maximum Gasteiger partial charge on any atom is 0.258 e. The van der Waals surface area contributed by atoms with Crippen molar-refractivity contribution in [3.63, 3.8) is 0 Å². The fraction of sp³-hybridized carbons (Fsp3) is 0.387. The monoisotopic (exact) mass is 590 g/mol. The van der Waals surface area contributed by atoms with Crippen molar-refractivity contribution in [2.45, 2.75) is 31.3 Å². The van der Waals surface area contributed by atoms with Crippen LogP contribution in [0.1, 0.15) is 28.8 Å². The summed E-state index contributed by atoms with van der Waals surface area (Å²) in [6, 6.07) is 9.89. The van der Waals surface area contributed by atoms with E-state index in [1.807, 2.05) is 30.5 Å². The summed E-state index contributed by atoms with van der Waals surface area (Å²) in [4.78, 5) is 65.1. The highest BCUT2D eigenvalue weighted by Gasteiger charge is 2.32. The van der Waals surface area contributed by atoms with E-state index in [0.29, 0.717) is 26.1 Å². The number of nitrogens with zero attached hydrogens (tertiary/aromatic N) is 4. The van der Waals surface area contributed by atoms with Crippen molar-refractivity contribution in [1.82, 2.24) is 25.0 Å². The molecule has 4 amide bonds. The van der Waals surface area contributed by atoms with E-state index in [2.05, 4.69) is 15.3 Å². The fourth-order valence-corrected chi connectivity index (χ4v) is 5.46. The van der Waals surface area contributed by atoms with Crippen LogP contribution in [-0.2, 0) is 20.8 Å². The number of H-pyrrole nitrogens is 1. The Balaban J connectivity index is 1.39. The molecule has 12 heteroatoms. The van der Waals surface area contributed by atoms with Crippen molar-refractivity contribution in [2.75, 3.05) is 46.9 Å². The van der Waals surface area contributed by atoms with E-state index in [0.717, 1.165) is 22.5 Å². The number of hydrogen-bond donors (Lipinski definition) is 2. The number of rotatable bonds is 4. The highest BCUT2D eigenvalue weighted by atomic mass is 19.1. The number of halogens is 1. The maximum atomic E-state index is 14.4. The van der Waals surface area contributed by atoms with Crippen LogP contribution in [0.3, 0.4) is 0 Å². The lowest BCUT2D eigenvalue weighted by molar-refractivity contribution is -0.140. The third-order valence-electron chi connectivity index (χ3n) is 7.94. The van der Waals surface area contributed by atoms with E-state index in [4.69, 9.17) is 4.74 Å². The molecule has 43 heavy (non-hydrogen) atoms. The molecule has 0 spiro atoms. The molecule has 2 aliphatic rings. The van der Waals surface area contributed by atoms with Crippen molar-refractivity contribution < 1.29 is 28.3 Å². The summed E-state index contributed by atoms with van der Waals surface area (Å²) in [7, 11) is 2.98. The van der Waals surface area contributed by atoms with Crippen LogP contribution >= 0.6 is 0 Å². The van der Waals surface area contributed by atoms with Crippen molar-refractivity contribution in [3.05, 3.63) is 65.6 Å². The number of aromatic nitrogens is 1.